The van der Waals surface area contributed by atoms with E-state index in [1.165, 1.54) is 11.8 Å². The molecule has 0 heterocycles. The number of rotatable bonds is 5. The molecule has 1 N–H and O–H groups in total. The maximum atomic E-state index is 12.1. The number of aliphatic hydroxyl groups is 1. The lowest BCUT2D eigenvalue weighted by Crippen LogP contribution is -2.39. The fourth-order valence-corrected chi connectivity index (χ4v) is 3.72. The van der Waals surface area contributed by atoms with Gasteiger partial charge in [0.1, 0.15) is 0 Å². The Morgan fingerprint density at radius 2 is 1.70 bits per heavy atom. The summed E-state index contributed by atoms with van der Waals surface area (Å²) in [7, 11) is 0. The van der Waals surface area contributed by atoms with E-state index in [1.807, 2.05) is 66.9 Å². The quantitative estimate of drug-likeness (QED) is 0.593. The molecule has 27 heavy (non-hydrogen) atoms. The molecule has 2 unspecified atom stereocenters. The van der Waals surface area contributed by atoms with Crippen molar-refractivity contribution in [1.29, 1.82) is 0 Å². The van der Waals surface area contributed by atoms with Gasteiger partial charge >= 0.3 is 0 Å². The van der Waals surface area contributed by atoms with Gasteiger partial charge in [-0.3, -0.25) is 0 Å². The van der Waals surface area contributed by atoms with Gasteiger partial charge in [0.2, 0.25) is 5.79 Å². The molecule has 0 saturated heterocycles. The second-order valence-electron chi connectivity index (χ2n) is 6.25. The Labute approximate surface area is 171 Å². The molecule has 1 aliphatic rings. The minimum atomic E-state index is -2.11. The summed E-state index contributed by atoms with van der Waals surface area (Å²) in [5, 5.41) is 12.1. The van der Waals surface area contributed by atoms with E-state index in [-0.39, 0.29) is 29.2 Å². The van der Waals surface area contributed by atoms with Crippen molar-refractivity contribution in [3.05, 3.63) is 107 Å². The fraction of sp³-hybridized carbons (Fsp3) is 0.167. The number of hydrogen-bond acceptors (Lipinski definition) is 3. The Morgan fingerprint density at radius 3 is 2.41 bits per heavy atom. The summed E-state index contributed by atoms with van der Waals surface area (Å²) in [5.74, 6) is -2.89. The summed E-state index contributed by atoms with van der Waals surface area (Å²) in [6.07, 6.45) is 1.81. The van der Waals surface area contributed by atoms with Gasteiger partial charge in [0.25, 0.3) is 0 Å². The van der Waals surface area contributed by atoms with Gasteiger partial charge in [0, 0.05) is 5.56 Å². The van der Waals surface area contributed by atoms with Crippen LogP contribution in [0.25, 0.3) is 11.6 Å². The van der Waals surface area contributed by atoms with Crippen molar-refractivity contribution in [2.75, 3.05) is 12.2 Å². The van der Waals surface area contributed by atoms with Crippen LogP contribution in [0, 0.1) is 0 Å². The predicted molar refractivity (Wildman–Crippen MR) is 113 cm³/mol. The minimum Gasteiger partial charge on any atom is -0.361 e. The Morgan fingerprint density at radius 1 is 1.04 bits per heavy atom. The molecule has 0 bridgehead atoms. The van der Waals surface area contributed by atoms with Crippen LogP contribution in [-0.2, 0) is 10.5 Å². The van der Waals surface area contributed by atoms with Crippen molar-refractivity contribution in [2.45, 2.75) is 11.7 Å². The molecule has 3 heteroatoms. The van der Waals surface area contributed by atoms with Crippen LogP contribution >= 0.6 is 11.8 Å². The second-order valence-corrected chi connectivity index (χ2v) is 7.06. The van der Waals surface area contributed by atoms with Gasteiger partial charge in [-0.1, -0.05) is 84.8 Å². The van der Waals surface area contributed by atoms with Gasteiger partial charge in [-0.25, -0.2) is 0 Å². The maximum Gasteiger partial charge on any atom is 0.205 e. The summed E-state index contributed by atoms with van der Waals surface area (Å²) < 4.78 is 48.4. The minimum absolute atomic E-state index is 0.0364. The van der Waals surface area contributed by atoms with E-state index in [2.05, 4.69) is 0 Å². The molecule has 2 atom stereocenters. The van der Waals surface area contributed by atoms with E-state index in [4.69, 9.17) is 11.6 Å². The third-order valence-electron chi connectivity index (χ3n) is 4.60. The molecule has 0 aromatic heterocycles. The first-order valence-electron chi connectivity index (χ1n) is 11.1. The summed E-state index contributed by atoms with van der Waals surface area (Å²) in [6, 6.07) is 16.6. The fourth-order valence-electron chi connectivity index (χ4n) is 3.42. The average Bonchev–Trinajstić information content (AvgIpc) is 2.82. The van der Waals surface area contributed by atoms with E-state index < -0.39 is 29.8 Å². The van der Waals surface area contributed by atoms with Crippen LogP contribution in [0.3, 0.4) is 0 Å². The number of ether oxygens (including phenoxy) is 1. The molecule has 0 aliphatic heterocycles. The monoisotopic (exact) mass is 379 g/mol. The largest absolute Gasteiger partial charge is 0.361 e. The van der Waals surface area contributed by atoms with E-state index in [0.29, 0.717) is 16.7 Å². The highest BCUT2D eigenvalue weighted by Gasteiger charge is 2.46. The lowest BCUT2D eigenvalue weighted by atomic mass is 9.72. The normalized spacial score (nSPS) is 24.4. The summed E-state index contributed by atoms with van der Waals surface area (Å²) >= 11 is 1.34. The average molecular weight is 380 g/mol. The van der Waals surface area contributed by atoms with Crippen LogP contribution in [0.15, 0.2) is 84.8 Å². The Kier molecular flexibility index (Phi) is 3.71. The van der Waals surface area contributed by atoms with Crippen molar-refractivity contribution < 1.29 is 16.7 Å². The summed E-state index contributed by atoms with van der Waals surface area (Å²) in [5.41, 5.74) is 1.66. The molecule has 1 aliphatic carbocycles. The van der Waals surface area contributed by atoms with Crippen LogP contribution < -0.4 is 0 Å². The molecular weight excluding hydrogens is 352 g/mol. The molecule has 0 radical (unpaired) electrons. The van der Waals surface area contributed by atoms with Gasteiger partial charge < -0.3 is 9.84 Å². The van der Waals surface area contributed by atoms with Crippen molar-refractivity contribution in [3.8, 4) is 0 Å². The predicted octanol–water partition coefficient (Wildman–Crippen LogP) is 5.51. The SMILES string of the molecule is [2H]C1=C(c2ccccc2)C(c2ccccc2)C(O)(OCSC)c2c([2H])c([2H])c([2H])c([2H])c21. The van der Waals surface area contributed by atoms with Crippen LogP contribution in [0.1, 0.15) is 35.0 Å². The summed E-state index contributed by atoms with van der Waals surface area (Å²) in [4.78, 5) is 0. The van der Waals surface area contributed by atoms with Crippen molar-refractivity contribution >= 4 is 23.4 Å². The highest BCUT2D eigenvalue weighted by Crippen LogP contribution is 2.51. The van der Waals surface area contributed by atoms with E-state index >= 15 is 0 Å². The highest BCUT2D eigenvalue weighted by molar-refractivity contribution is 7.98. The maximum absolute atomic E-state index is 12.1. The lowest BCUT2D eigenvalue weighted by molar-refractivity contribution is -0.207. The first-order chi connectivity index (χ1) is 15.3. The number of fused-ring (bicyclic) bond motifs is 1. The first kappa shape index (κ1) is 12.9. The Bertz CT molecular complexity index is 1180. The van der Waals surface area contributed by atoms with E-state index in [1.54, 1.807) is 0 Å². The molecule has 3 aromatic rings. The Hall–Kier alpha value is -2.33. The zero-order valence-electron chi connectivity index (χ0n) is 19.8. The van der Waals surface area contributed by atoms with Crippen LogP contribution in [0.5, 0.6) is 0 Å². The molecule has 0 fully saturated rings. The van der Waals surface area contributed by atoms with Crippen LogP contribution in [-0.4, -0.2) is 17.3 Å². The van der Waals surface area contributed by atoms with Crippen molar-refractivity contribution in [1.82, 2.24) is 0 Å². The topological polar surface area (TPSA) is 29.5 Å². The second kappa shape index (κ2) is 7.73. The van der Waals surface area contributed by atoms with Crippen LogP contribution in [0.2, 0.25) is 0 Å². The van der Waals surface area contributed by atoms with Gasteiger partial charge in [-0.15, -0.1) is 11.8 Å². The molecular formula is C24H22O2S. The molecule has 4 rings (SSSR count). The molecule has 0 saturated carbocycles. The van der Waals surface area contributed by atoms with Crippen LogP contribution in [0.4, 0.5) is 0 Å². The summed E-state index contributed by atoms with van der Waals surface area (Å²) in [6.45, 7) is 0. The standard InChI is InChI=1S/C24H22O2S/c1-27-17-26-24(25)22-15-9-8-14-20(22)16-21(18-10-4-2-5-11-18)23(24)19-12-6-3-7-13-19/h2-16,23,25H,17H2,1H3/i8D,9D,14D,15D,16D. The third kappa shape index (κ3) is 3.34. The number of benzene rings is 3. The van der Waals surface area contributed by atoms with Gasteiger partial charge in [0.15, 0.2) is 0 Å². The van der Waals surface area contributed by atoms with Crippen molar-refractivity contribution in [3.63, 3.8) is 0 Å². The molecule has 2 nitrogen and oxygen atoms in total. The molecule has 0 spiro atoms. The highest BCUT2D eigenvalue weighted by atomic mass is 32.2. The van der Waals surface area contributed by atoms with Gasteiger partial charge in [0.05, 0.1) is 18.7 Å². The van der Waals surface area contributed by atoms with E-state index in [0.717, 1.165) is 0 Å². The molecule has 3 aromatic carbocycles. The van der Waals surface area contributed by atoms with Crippen molar-refractivity contribution in [2.24, 2.45) is 0 Å². The van der Waals surface area contributed by atoms with Gasteiger partial charge in [-0.2, -0.15) is 0 Å². The lowest BCUT2D eigenvalue weighted by Gasteiger charge is -2.41. The number of thioether (sulfide) groups is 1. The third-order valence-corrected chi connectivity index (χ3v) is 4.95. The molecule has 136 valence electrons. The first-order valence-corrected chi connectivity index (χ1v) is 9.99. The zero-order valence-corrected chi connectivity index (χ0v) is 15.6. The number of hydrogen-bond donors (Lipinski definition) is 1. The zero-order chi connectivity index (χ0) is 23.0. The molecule has 0 amide bonds. The smallest absolute Gasteiger partial charge is 0.205 e. The Balaban J connectivity index is 2.17. The van der Waals surface area contributed by atoms with E-state index in [9.17, 15) is 5.11 Å². The van der Waals surface area contributed by atoms with Gasteiger partial charge in [-0.05, 0) is 34.6 Å².